The Morgan fingerprint density at radius 3 is 2.65 bits per heavy atom. The molecule has 0 radical (unpaired) electrons. The molecule has 0 bridgehead atoms. The van der Waals surface area contributed by atoms with Gasteiger partial charge in [-0.15, -0.1) is 0 Å². The van der Waals surface area contributed by atoms with E-state index < -0.39 is 17.8 Å². The number of hydrogen-bond donors (Lipinski definition) is 3. The van der Waals surface area contributed by atoms with Crippen molar-refractivity contribution in [1.82, 2.24) is 5.32 Å². The molecular formula is C23H26F3N3O2. The van der Waals surface area contributed by atoms with Crippen molar-refractivity contribution < 1.29 is 22.7 Å². The lowest BCUT2D eigenvalue weighted by atomic mass is 9.76. The maximum atomic E-state index is 13.4. The Balaban J connectivity index is 1.63. The number of carbonyl (C=O) groups is 1. The average molecular weight is 433 g/mol. The molecule has 0 unspecified atom stereocenters. The van der Waals surface area contributed by atoms with Gasteiger partial charge in [0.25, 0.3) is 0 Å². The van der Waals surface area contributed by atoms with Crippen LogP contribution in [0.25, 0.3) is 0 Å². The van der Waals surface area contributed by atoms with E-state index in [4.69, 9.17) is 10.5 Å². The quantitative estimate of drug-likeness (QED) is 0.662. The first-order valence-electron chi connectivity index (χ1n) is 10.5. The van der Waals surface area contributed by atoms with Gasteiger partial charge in [0.1, 0.15) is 0 Å². The Labute approximate surface area is 179 Å². The first-order valence-corrected chi connectivity index (χ1v) is 10.5. The Kier molecular flexibility index (Phi) is 6.20. The highest BCUT2D eigenvalue weighted by Gasteiger charge is 2.43. The van der Waals surface area contributed by atoms with Crippen LogP contribution in [0.1, 0.15) is 48.1 Å². The Morgan fingerprint density at radius 2 is 1.94 bits per heavy atom. The molecule has 2 aliphatic heterocycles. The van der Waals surface area contributed by atoms with Crippen molar-refractivity contribution in [3.8, 4) is 0 Å². The lowest BCUT2D eigenvalue weighted by Crippen LogP contribution is -2.43. The average Bonchev–Trinajstić information content (AvgIpc) is 2.77. The van der Waals surface area contributed by atoms with Crippen molar-refractivity contribution in [1.29, 1.82) is 0 Å². The summed E-state index contributed by atoms with van der Waals surface area (Å²) in [5, 5.41) is 6.25. The summed E-state index contributed by atoms with van der Waals surface area (Å²) in [6.45, 7) is 0.583. The van der Waals surface area contributed by atoms with E-state index in [1.165, 1.54) is 12.1 Å². The smallest absolute Gasteiger partial charge is 0.378 e. The van der Waals surface area contributed by atoms with Crippen LogP contribution in [0.3, 0.4) is 0 Å². The third-order valence-electron chi connectivity index (χ3n) is 6.03. The summed E-state index contributed by atoms with van der Waals surface area (Å²) in [6.07, 6.45) is -3.47. The van der Waals surface area contributed by atoms with Gasteiger partial charge in [-0.1, -0.05) is 30.3 Å². The predicted octanol–water partition coefficient (Wildman–Crippen LogP) is 4.17. The number of anilines is 1. The summed E-state index contributed by atoms with van der Waals surface area (Å²) >= 11 is 0. The van der Waals surface area contributed by atoms with Crippen LogP contribution in [0, 0.1) is 5.92 Å². The van der Waals surface area contributed by atoms with Crippen molar-refractivity contribution >= 4 is 11.6 Å². The summed E-state index contributed by atoms with van der Waals surface area (Å²) in [7, 11) is 0. The number of ether oxygens (including phenoxy) is 1. The van der Waals surface area contributed by atoms with Gasteiger partial charge in [0.05, 0.1) is 23.8 Å². The molecule has 4 rings (SSSR count). The second-order valence-electron chi connectivity index (χ2n) is 8.10. The van der Waals surface area contributed by atoms with Gasteiger partial charge in [0, 0.05) is 36.7 Å². The molecule has 4 N–H and O–H groups in total. The molecule has 2 heterocycles. The van der Waals surface area contributed by atoms with Gasteiger partial charge in [0.2, 0.25) is 5.91 Å². The monoisotopic (exact) mass is 433 g/mol. The molecule has 2 aliphatic rings. The molecule has 0 aliphatic carbocycles. The van der Waals surface area contributed by atoms with Crippen molar-refractivity contribution in [2.45, 2.75) is 43.7 Å². The second kappa shape index (κ2) is 8.88. The van der Waals surface area contributed by atoms with E-state index in [1.54, 1.807) is 0 Å². The molecular weight excluding hydrogens is 407 g/mol. The molecule has 5 nitrogen and oxygen atoms in total. The zero-order chi connectivity index (χ0) is 22.0. The van der Waals surface area contributed by atoms with Crippen LogP contribution < -0.4 is 16.4 Å². The molecule has 166 valence electrons. The molecule has 0 aromatic heterocycles. The number of rotatable bonds is 5. The molecule has 4 atom stereocenters. The van der Waals surface area contributed by atoms with Crippen LogP contribution in [0.15, 0.2) is 48.5 Å². The van der Waals surface area contributed by atoms with Gasteiger partial charge in [0.15, 0.2) is 0 Å². The Morgan fingerprint density at radius 1 is 1.16 bits per heavy atom. The zero-order valence-corrected chi connectivity index (χ0v) is 17.0. The number of amides is 1. The fourth-order valence-corrected chi connectivity index (χ4v) is 4.52. The highest BCUT2D eigenvalue weighted by atomic mass is 19.4. The van der Waals surface area contributed by atoms with Crippen LogP contribution in [0.4, 0.5) is 18.9 Å². The van der Waals surface area contributed by atoms with Gasteiger partial charge in [-0.25, -0.2) is 0 Å². The number of nitrogens with two attached hydrogens (primary N) is 1. The highest BCUT2D eigenvalue weighted by Crippen LogP contribution is 2.51. The van der Waals surface area contributed by atoms with Crippen molar-refractivity contribution in [2.75, 3.05) is 18.4 Å². The lowest BCUT2D eigenvalue weighted by molar-refractivity contribution is -0.138. The minimum atomic E-state index is -4.43. The van der Waals surface area contributed by atoms with Crippen molar-refractivity contribution in [3.05, 3.63) is 65.2 Å². The molecule has 0 spiro atoms. The fraction of sp³-hybridized carbons (Fsp3) is 0.435. The minimum Gasteiger partial charge on any atom is -0.378 e. The lowest BCUT2D eigenvalue weighted by Gasteiger charge is -2.46. The van der Waals surface area contributed by atoms with Crippen LogP contribution in [0.5, 0.6) is 0 Å². The molecule has 2 aromatic rings. The number of carbonyl (C=O) groups excluding carboxylic acids is 1. The van der Waals surface area contributed by atoms with Crippen LogP contribution >= 0.6 is 0 Å². The maximum Gasteiger partial charge on any atom is 0.416 e. The molecule has 31 heavy (non-hydrogen) atoms. The standard InChI is InChI=1S/C23H26F3N3O2/c24-23(25,26)15-6-9-19-18(12-15)22-17(21(29-19)14-4-2-1-3-5-14)8-7-16(31-22)13-28-20(30)10-11-27/h1-6,9,12,16-17,21-22,29H,7-8,10-11,13,27H2,(H,28,30)/t16-,17+,21+,22+/m1/s1. The number of halogens is 3. The van der Waals surface area contributed by atoms with E-state index in [2.05, 4.69) is 10.6 Å². The first kappa shape index (κ1) is 21.6. The molecule has 0 saturated carbocycles. The van der Waals surface area contributed by atoms with E-state index in [0.29, 0.717) is 24.2 Å². The predicted molar refractivity (Wildman–Crippen MR) is 111 cm³/mol. The Bertz CT molecular complexity index is 920. The molecule has 1 amide bonds. The van der Waals surface area contributed by atoms with Crippen molar-refractivity contribution in [3.63, 3.8) is 0 Å². The van der Waals surface area contributed by atoms with Crippen molar-refractivity contribution in [2.24, 2.45) is 11.7 Å². The summed E-state index contributed by atoms with van der Waals surface area (Å²) in [6, 6.07) is 13.6. The van der Waals surface area contributed by atoms with Gasteiger partial charge in [-0.05, 0) is 36.6 Å². The number of fused-ring (bicyclic) bond motifs is 3. The Hall–Kier alpha value is -2.58. The summed E-state index contributed by atoms with van der Waals surface area (Å²) in [4.78, 5) is 11.8. The SMILES string of the molecule is NCCC(=O)NC[C@H]1CC[C@@H]2[C@H](O1)c1cc(C(F)(F)F)ccc1N[C@H]2c1ccccc1. The molecule has 8 heteroatoms. The van der Waals surface area contributed by atoms with Crippen LogP contribution in [0.2, 0.25) is 0 Å². The zero-order valence-electron chi connectivity index (χ0n) is 17.0. The van der Waals surface area contributed by atoms with Crippen LogP contribution in [-0.4, -0.2) is 25.1 Å². The number of alkyl halides is 3. The molecule has 1 saturated heterocycles. The molecule has 2 aromatic carbocycles. The normalized spacial score (nSPS) is 25.2. The molecule has 1 fully saturated rings. The summed E-state index contributed by atoms with van der Waals surface area (Å²) in [5.74, 6) is -0.171. The van der Waals surface area contributed by atoms with E-state index in [9.17, 15) is 18.0 Å². The van der Waals surface area contributed by atoms with E-state index in [-0.39, 0.29) is 36.9 Å². The third-order valence-corrected chi connectivity index (χ3v) is 6.03. The van der Waals surface area contributed by atoms with E-state index in [1.807, 2.05) is 30.3 Å². The maximum absolute atomic E-state index is 13.4. The van der Waals surface area contributed by atoms with E-state index >= 15 is 0 Å². The van der Waals surface area contributed by atoms with E-state index in [0.717, 1.165) is 18.1 Å². The van der Waals surface area contributed by atoms with Gasteiger partial charge in [-0.2, -0.15) is 13.2 Å². The third kappa shape index (κ3) is 4.70. The van der Waals surface area contributed by atoms with Crippen LogP contribution in [-0.2, 0) is 15.7 Å². The van der Waals surface area contributed by atoms with Gasteiger partial charge in [-0.3, -0.25) is 4.79 Å². The van der Waals surface area contributed by atoms with Gasteiger partial charge >= 0.3 is 6.18 Å². The van der Waals surface area contributed by atoms with Gasteiger partial charge < -0.3 is 21.1 Å². The minimum absolute atomic E-state index is 0.0191. The number of hydrogen-bond acceptors (Lipinski definition) is 4. The second-order valence-corrected chi connectivity index (χ2v) is 8.10. The summed E-state index contributed by atoms with van der Waals surface area (Å²) < 4.78 is 46.4. The number of benzene rings is 2. The fourth-order valence-electron chi connectivity index (χ4n) is 4.52. The number of nitrogens with one attached hydrogen (secondary N) is 2. The summed E-state index contributed by atoms with van der Waals surface area (Å²) in [5.41, 5.74) is 6.96. The first-order chi connectivity index (χ1) is 14.9. The topological polar surface area (TPSA) is 76.4 Å². The highest BCUT2D eigenvalue weighted by molar-refractivity contribution is 5.76. The largest absolute Gasteiger partial charge is 0.416 e.